The van der Waals surface area contributed by atoms with Crippen LogP contribution in [0.1, 0.15) is 32.6 Å². The predicted octanol–water partition coefficient (Wildman–Crippen LogP) is 3.10. The fraction of sp³-hybridized carbons (Fsp3) is 0.556. The molecule has 1 aromatic carbocycles. The van der Waals surface area contributed by atoms with E-state index in [0.29, 0.717) is 25.0 Å². The lowest BCUT2D eigenvalue weighted by Crippen LogP contribution is -2.62. The van der Waals surface area contributed by atoms with E-state index in [0.717, 1.165) is 0 Å². The molecule has 0 radical (unpaired) electrons. The molecule has 148 valence electrons. The topological polar surface area (TPSA) is 71.4 Å². The van der Waals surface area contributed by atoms with Gasteiger partial charge in [0.05, 0.1) is 13.0 Å². The van der Waals surface area contributed by atoms with E-state index in [1.807, 2.05) is 0 Å². The van der Waals surface area contributed by atoms with Gasteiger partial charge in [-0.2, -0.15) is 23.3 Å². The van der Waals surface area contributed by atoms with Crippen molar-refractivity contribution in [2.24, 2.45) is 11.0 Å². The lowest BCUT2D eigenvalue weighted by molar-refractivity contribution is -0.318. The van der Waals surface area contributed by atoms with Gasteiger partial charge in [-0.3, -0.25) is 4.79 Å². The maximum atomic E-state index is 13.8. The number of carbonyl (C=O) groups excluding carboxylic acids is 1. The number of hydrogen-bond donors (Lipinski definition) is 1. The fourth-order valence-corrected chi connectivity index (χ4v) is 3.57. The summed E-state index contributed by atoms with van der Waals surface area (Å²) in [7, 11) is 1.41. The minimum absolute atomic E-state index is 0.125. The van der Waals surface area contributed by atoms with E-state index in [4.69, 9.17) is 9.47 Å². The predicted molar refractivity (Wildman–Crippen MR) is 90.3 cm³/mol. The van der Waals surface area contributed by atoms with Gasteiger partial charge in [0.1, 0.15) is 0 Å². The molecule has 1 saturated carbocycles. The maximum absolute atomic E-state index is 13.8. The third-order valence-corrected chi connectivity index (χ3v) is 4.96. The van der Waals surface area contributed by atoms with Gasteiger partial charge in [-0.05, 0) is 38.3 Å². The number of carbonyl (C=O) groups is 1. The molecule has 1 amide bonds. The summed E-state index contributed by atoms with van der Waals surface area (Å²) in [6.07, 6.45) is -4.68. The molecule has 2 aliphatic rings. The van der Waals surface area contributed by atoms with E-state index in [-0.39, 0.29) is 22.9 Å². The number of para-hydroxylation sites is 2. The van der Waals surface area contributed by atoms with Gasteiger partial charge in [0, 0.05) is 5.71 Å². The van der Waals surface area contributed by atoms with Crippen LogP contribution in [-0.2, 0) is 4.79 Å². The molecule has 27 heavy (non-hydrogen) atoms. The highest BCUT2D eigenvalue weighted by molar-refractivity contribution is 5.94. The van der Waals surface area contributed by atoms with Crippen LogP contribution in [0.4, 0.5) is 13.2 Å². The lowest BCUT2D eigenvalue weighted by Gasteiger charge is -2.38. The highest BCUT2D eigenvalue weighted by atomic mass is 19.4. The van der Waals surface area contributed by atoms with Crippen LogP contribution in [0.25, 0.3) is 0 Å². The van der Waals surface area contributed by atoms with Crippen molar-refractivity contribution in [1.29, 1.82) is 0 Å². The molecule has 1 aromatic rings. The number of fused-ring (bicyclic) bond motifs is 1. The fourth-order valence-electron chi connectivity index (χ4n) is 3.57. The molecule has 3 atom stereocenters. The Bertz CT molecular complexity index is 752. The zero-order valence-electron chi connectivity index (χ0n) is 15.0. The van der Waals surface area contributed by atoms with Gasteiger partial charge in [-0.25, -0.2) is 0 Å². The van der Waals surface area contributed by atoms with Crippen molar-refractivity contribution in [1.82, 2.24) is 5.01 Å². The van der Waals surface area contributed by atoms with Crippen molar-refractivity contribution in [3.05, 3.63) is 24.3 Å². The Hall–Kier alpha value is -2.29. The number of nitrogens with zero attached hydrogens (tertiary/aromatic N) is 2. The number of methoxy groups -OCH3 is 1. The van der Waals surface area contributed by atoms with Gasteiger partial charge < -0.3 is 14.6 Å². The number of halogens is 3. The van der Waals surface area contributed by atoms with Crippen molar-refractivity contribution >= 4 is 11.6 Å². The van der Waals surface area contributed by atoms with Gasteiger partial charge in [-0.15, -0.1) is 0 Å². The molecule has 0 unspecified atom stereocenters. The monoisotopic (exact) mass is 386 g/mol. The first-order valence-electron chi connectivity index (χ1n) is 8.70. The molecule has 1 fully saturated rings. The second-order valence-corrected chi connectivity index (χ2v) is 6.67. The molecule has 0 bridgehead atoms. The van der Waals surface area contributed by atoms with Crippen molar-refractivity contribution in [3.63, 3.8) is 0 Å². The van der Waals surface area contributed by atoms with Crippen molar-refractivity contribution in [2.45, 2.75) is 50.6 Å². The molecule has 0 saturated heterocycles. The summed E-state index contributed by atoms with van der Waals surface area (Å²) in [6.45, 7) is 1.31. The van der Waals surface area contributed by atoms with Crippen LogP contribution >= 0.6 is 0 Å². The Morgan fingerprint density at radius 1 is 1.33 bits per heavy atom. The number of benzene rings is 1. The first-order chi connectivity index (χ1) is 12.7. The molecule has 1 N–H and O–H groups in total. The number of ether oxygens (including phenoxy) is 2. The van der Waals surface area contributed by atoms with Crippen molar-refractivity contribution in [2.75, 3.05) is 7.11 Å². The number of rotatable bonds is 4. The maximum Gasteiger partial charge on any atom is 0.439 e. The van der Waals surface area contributed by atoms with Crippen molar-refractivity contribution < 1.29 is 32.5 Å². The summed E-state index contributed by atoms with van der Waals surface area (Å²) in [5.41, 5.74) is -3.14. The Morgan fingerprint density at radius 2 is 2.00 bits per heavy atom. The summed E-state index contributed by atoms with van der Waals surface area (Å²) >= 11 is 0. The molecule has 1 heterocycles. The van der Waals surface area contributed by atoms with Gasteiger partial charge in [-0.1, -0.05) is 18.6 Å². The Morgan fingerprint density at radius 3 is 2.63 bits per heavy atom. The third-order valence-electron chi connectivity index (χ3n) is 4.96. The van der Waals surface area contributed by atoms with E-state index < -0.39 is 29.8 Å². The molecule has 1 aliphatic heterocycles. The highest BCUT2D eigenvalue weighted by Crippen LogP contribution is 2.48. The summed E-state index contributed by atoms with van der Waals surface area (Å²) in [6, 6.07) is 6.47. The van der Waals surface area contributed by atoms with Crippen molar-refractivity contribution in [3.8, 4) is 11.5 Å². The van der Waals surface area contributed by atoms with Crippen LogP contribution in [0, 0.1) is 5.92 Å². The SMILES string of the molecule is COc1ccccc1O[C@H](C)C(=O)N1N=C2CCCC[C@H]2[C@]1(O)C(F)(F)F. The minimum atomic E-state index is -5.04. The quantitative estimate of drug-likeness (QED) is 0.863. The highest BCUT2D eigenvalue weighted by Gasteiger charge is 2.68. The van der Waals surface area contributed by atoms with E-state index in [2.05, 4.69) is 5.10 Å². The van der Waals surface area contributed by atoms with E-state index in [1.165, 1.54) is 20.1 Å². The molecular weight excluding hydrogens is 365 g/mol. The standard InChI is InChI=1S/C18H21F3N2O4/c1-11(27-15-10-6-5-9-14(15)26-2)16(24)23-17(25,18(19,20)21)12-7-3-4-8-13(12)22-23/h5-6,9-12,25H,3-4,7-8H2,1-2H3/t11-,12-,17+/m1/s1. The molecule has 1 aliphatic carbocycles. The number of alkyl halides is 3. The van der Waals surface area contributed by atoms with Crippen LogP contribution in [0.5, 0.6) is 11.5 Å². The summed E-state index contributed by atoms with van der Waals surface area (Å²) in [5.74, 6) is -1.76. The Labute approximate surface area is 154 Å². The number of aliphatic hydroxyl groups is 1. The lowest BCUT2D eigenvalue weighted by atomic mass is 9.80. The number of hydrogen-bond acceptors (Lipinski definition) is 5. The summed E-state index contributed by atoms with van der Waals surface area (Å²) in [4.78, 5) is 12.7. The van der Waals surface area contributed by atoms with Crippen LogP contribution in [0.15, 0.2) is 29.4 Å². The zero-order chi connectivity index (χ0) is 19.8. The second kappa shape index (κ2) is 7.03. The van der Waals surface area contributed by atoms with Crippen LogP contribution in [0.3, 0.4) is 0 Å². The second-order valence-electron chi connectivity index (χ2n) is 6.67. The van der Waals surface area contributed by atoms with Crippen LogP contribution in [0.2, 0.25) is 0 Å². The van der Waals surface area contributed by atoms with E-state index in [9.17, 15) is 23.1 Å². The third kappa shape index (κ3) is 3.24. The van der Waals surface area contributed by atoms with E-state index >= 15 is 0 Å². The van der Waals surface area contributed by atoms with Gasteiger partial charge in [0.15, 0.2) is 17.6 Å². The average Bonchev–Trinajstić information content (AvgIpc) is 2.95. The van der Waals surface area contributed by atoms with Gasteiger partial charge >= 0.3 is 6.18 Å². The molecule has 0 aromatic heterocycles. The molecule has 9 heteroatoms. The largest absolute Gasteiger partial charge is 0.493 e. The molecule has 0 spiro atoms. The average molecular weight is 386 g/mol. The number of hydrazone groups is 1. The van der Waals surface area contributed by atoms with Crippen LogP contribution < -0.4 is 9.47 Å². The minimum Gasteiger partial charge on any atom is -0.493 e. The normalized spacial score (nSPS) is 26.2. The van der Waals surface area contributed by atoms with Gasteiger partial charge in [0.25, 0.3) is 11.6 Å². The Kier molecular flexibility index (Phi) is 5.07. The smallest absolute Gasteiger partial charge is 0.439 e. The summed E-state index contributed by atoms with van der Waals surface area (Å²) < 4.78 is 51.9. The zero-order valence-corrected chi connectivity index (χ0v) is 15.0. The van der Waals surface area contributed by atoms with Gasteiger partial charge in [0.2, 0.25) is 0 Å². The summed E-state index contributed by atoms with van der Waals surface area (Å²) in [5, 5.41) is 14.6. The first-order valence-corrected chi connectivity index (χ1v) is 8.70. The molecule has 6 nitrogen and oxygen atoms in total. The molecule has 3 rings (SSSR count). The number of amides is 1. The van der Waals surface area contributed by atoms with Crippen LogP contribution in [-0.4, -0.2) is 46.8 Å². The Balaban J connectivity index is 1.88. The van der Waals surface area contributed by atoms with E-state index in [1.54, 1.807) is 18.2 Å². The first kappa shape index (κ1) is 19.5. The molecular formula is C18H21F3N2O4.